The van der Waals surface area contributed by atoms with Crippen molar-refractivity contribution in [2.75, 3.05) is 26.7 Å². The lowest BCUT2D eigenvalue weighted by Gasteiger charge is -2.33. The summed E-state index contributed by atoms with van der Waals surface area (Å²) in [7, 11) is 1.31. The minimum absolute atomic E-state index is 0.0344. The summed E-state index contributed by atoms with van der Waals surface area (Å²) >= 11 is 0. The molecule has 1 fully saturated rings. The molecular weight excluding hydrogens is 287 g/mol. The Balaban J connectivity index is 1.97. The summed E-state index contributed by atoms with van der Waals surface area (Å²) in [5.41, 5.74) is 0.882. The second kappa shape index (κ2) is 7.70. The molecule has 1 aromatic carbocycles. The largest absolute Gasteiger partial charge is 0.469 e. The van der Waals surface area contributed by atoms with Crippen molar-refractivity contribution in [3.05, 3.63) is 41.7 Å². The molecule has 0 spiro atoms. The van der Waals surface area contributed by atoms with Gasteiger partial charge in [0, 0.05) is 19.6 Å². The smallest absolute Gasteiger partial charge is 0.307 e. The van der Waals surface area contributed by atoms with Gasteiger partial charge in [0.05, 0.1) is 19.6 Å². The quantitative estimate of drug-likeness (QED) is 0.831. The number of rotatable bonds is 5. The Kier molecular flexibility index (Phi) is 5.66. The topological polar surface area (TPSA) is 58.6 Å². The Morgan fingerprint density at radius 2 is 2.18 bits per heavy atom. The Labute approximate surface area is 128 Å². The fraction of sp³-hybridized carbons (Fsp3) is 0.375. The van der Waals surface area contributed by atoms with Crippen LogP contribution in [0.5, 0.6) is 0 Å². The first-order chi connectivity index (χ1) is 10.6. The van der Waals surface area contributed by atoms with Crippen LogP contribution in [0.25, 0.3) is 6.08 Å². The Hall–Kier alpha value is -2.21. The zero-order chi connectivity index (χ0) is 15.9. The molecule has 1 N–H and O–H groups in total. The van der Waals surface area contributed by atoms with Gasteiger partial charge in [-0.05, 0) is 17.7 Å². The van der Waals surface area contributed by atoms with Crippen molar-refractivity contribution in [1.29, 1.82) is 0 Å². The van der Waals surface area contributed by atoms with Gasteiger partial charge in [0.25, 0.3) is 0 Å². The van der Waals surface area contributed by atoms with E-state index in [1.165, 1.54) is 19.2 Å². The summed E-state index contributed by atoms with van der Waals surface area (Å²) in [6.45, 7) is 1.76. The molecule has 0 saturated carbocycles. The molecule has 1 aromatic rings. The van der Waals surface area contributed by atoms with E-state index in [-0.39, 0.29) is 18.1 Å². The first kappa shape index (κ1) is 16.2. The summed E-state index contributed by atoms with van der Waals surface area (Å²) in [4.78, 5) is 25.2. The first-order valence-corrected chi connectivity index (χ1v) is 7.11. The number of esters is 1. The molecule has 1 aliphatic heterocycles. The van der Waals surface area contributed by atoms with Gasteiger partial charge in [-0.3, -0.25) is 14.5 Å². The number of nitrogens with zero attached hydrogens (tertiary/aromatic N) is 1. The maximum atomic E-state index is 12.8. The molecule has 0 radical (unpaired) electrons. The third-order valence-corrected chi connectivity index (χ3v) is 3.55. The summed E-state index contributed by atoms with van der Waals surface area (Å²) in [6.07, 6.45) is 3.80. The van der Waals surface area contributed by atoms with E-state index in [4.69, 9.17) is 0 Å². The molecule has 0 bridgehead atoms. The highest BCUT2D eigenvalue weighted by Crippen LogP contribution is 2.11. The minimum Gasteiger partial charge on any atom is -0.469 e. The number of carbonyl (C=O) groups excluding carboxylic acids is 2. The summed E-state index contributed by atoms with van der Waals surface area (Å²) in [5, 5.41) is 2.75. The third-order valence-electron chi connectivity index (χ3n) is 3.55. The Bertz CT molecular complexity index is 557. The van der Waals surface area contributed by atoms with Crippen LogP contribution in [-0.4, -0.2) is 49.6 Å². The van der Waals surface area contributed by atoms with Gasteiger partial charge in [0.2, 0.25) is 5.91 Å². The van der Waals surface area contributed by atoms with Crippen molar-refractivity contribution in [2.24, 2.45) is 0 Å². The van der Waals surface area contributed by atoms with Gasteiger partial charge in [-0.15, -0.1) is 0 Å². The van der Waals surface area contributed by atoms with Crippen LogP contribution in [0.2, 0.25) is 0 Å². The van der Waals surface area contributed by atoms with Crippen molar-refractivity contribution < 1.29 is 18.7 Å². The summed E-state index contributed by atoms with van der Waals surface area (Å²) in [6, 6.07) is 5.64. The molecule has 22 heavy (non-hydrogen) atoms. The Morgan fingerprint density at radius 3 is 2.86 bits per heavy atom. The number of carbonyl (C=O) groups is 2. The number of amides is 1. The van der Waals surface area contributed by atoms with Crippen molar-refractivity contribution in [2.45, 2.75) is 12.5 Å². The molecule has 1 unspecified atom stereocenters. The lowest BCUT2D eigenvalue weighted by Crippen LogP contribution is -2.55. The maximum absolute atomic E-state index is 12.8. The molecule has 6 heteroatoms. The normalized spacial score (nSPS) is 19.2. The number of ether oxygens (including phenoxy) is 1. The SMILES string of the molecule is COC(=O)CC1C(=O)NCCN1C/C=C/c1ccc(F)cc1. The van der Waals surface area contributed by atoms with E-state index in [1.807, 2.05) is 17.1 Å². The molecule has 1 heterocycles. The predicted molar refractivity (Wildman–Crippen MR) is 80.4 cm³/mol. The minimum atomic E-state index is -0.515. The standard InChI is InChI=1S/C16H19FN2O3/c1-22-15(20)11-14-16(21)18-8-10-19(14)9-2-3-12-4-6-13(17)7-5-12/h2-7,14H,8-11H2,1H3,(H,18,21)/b3-2+. The number of hydrogen-bond donors (Lipinski definition) is 1. The van der Waals surface area contributed by atoms with Crippen molar-refractivity contribution in [1.82, 2.24) is 10.2 Å². The number of halogens is 1. The van der Waals surface area contributed by atoms with Gasteiger partial charge in [-0.1, -0.05) is 24.3 Å². The van der Waals surface area contributed by atoms with Crippen LogP contribution in [0, 0.1) is 5.82 Å². The number of piperazine rings is 1. The van der Waals surface area contributed by atoms with Crippen molar-refractivity contribution >= 4 is 18.0 Å². The van der Waals surface area contributed by atoms with Crippen LogP contribution in [0.1, 0.15) is 12.0 Å². The molecule has 118 valence electrons. The Morgan fingerprint density at radius 1 is 1.45 bits per heavy atom. The molecule has 5 nitrogen and oxygen atoms in total. The third kappa shape index (κ3) is 4.39. The summed E-state index contributed by atoms with van der Waals surface area (Å²) in [5.74, 6) is -0.843. The zero-order valence-electron chi connectivity index (χ0n) is 12.4. The van der Waals surface area contributed by atoms with E-state index in [1.54, 1.807) is 12.1 Å². The average Bonchev–Trinajstić information content (AvgIpc) is 2.52. The molecule has 0 aromatic heterocycles. The molecular formula is C16H19FN2O3. The highest BCUT2D eigenvalue weighted by Gasteiger charge is 2.31. The van der Waals surface area contributed by atoms with Crippen LogP contribution < -0.4 is 5.32 Å². The molecule has 0 aliphatic carbocycles. The van der Waals surface area contributed by atoms with Crippen molar-refractivity contribution in [3.8, 4) is 0 Å². The highest BCUT2D eigenvalue weighted by molar-refractivity contribution is 5.87. The van der Waals surface area contributed by atoms with Gasteiger partial charge in [0.1, 0.15) is 5.82 Å². The van der Waals surface area contributed by atoms with E-state index in [0.717, 1.165) is 5.56 Å². The van der Waals surface area contributed by atoms with Crippen LogP contribution in [0.4, 0.5) is 4.39 Å². The predicted octanol–water partition coefficient (Wildman–Crippen LogP) is 1.20. The number of hydrogen-bond acceptors (Lipinski definition) is 4. The lowest BCUT2D eigenvalue weighted by molar-refractivity contribution is -0.145. The second-order valence-corrected chi connectivity index (χ2v) is 5.04. The number of methoxy groups -OCH3 is 1. The fourth-order valence-electron chi connectivity index (χ4n) is 2.34. The average molecular weight is 306 g/mol. The van der Waals surface area contributed by atoms with E-state index in [0.29, 0.717) is 19.6 Å². The molecule has 2 rings (SSSR count). The van der Waals surface area contributed by atoms with E-state index in [2.05, 4.69) is 10.1 Å². The highest BCUT2D eigenvalue weighted by atomic mass is 19.1. The molecule has 1 saturated heterocycles. The van der Waals surface area contributed by atoms with Crippen LogP contribution >= 0.6 is 0 Å². The van der Waals surface area contributed by atoms with Crippen molar-refractivity contribution in [3.63, 3.8) is 0 Å². The molecule has 1 atom stereocenters. The molecule has 1 aliphatic rings. The number of nitrogens with one attached hydrogen (secondary N) is 1. The lowest BCUT2D eigenvalue weighted by atomic mass is 10.1. The van der Waals surface area contributed by atoms with Crippen LogP contribution in [0.3, 0.4) is 0 Å². The van der Waals surface area contributed by atoms with Gasteiger partial charge in [0.15, 0.2) is 0 Å². The summed E-state index contributed by atoms with van der Waals surface area (Å²) < 4.78 is 17.5. The van der Waals surface area contributed by atoms with Gasteiger partial charge >= 0.3 is 5.97 Å². The maximum Gasteiger partial charge on any atom is 0.307 e. The van der Waals surface area contributed by atoms with Crippen LogP contribution in [-0.2, 0) is 14.3 Å². The van der Waals surface area contributed by atoms with Gasteiger partial charge in [-0.25, -0.2) is 4.39 Å². The first-order valence-electron chi connectivity index (χ1n) is 7.11. The van der Waals surface area contributed by atoms with E-state index in [9.17, 15) is 14.0 Å². The van der Waals surface area contributed by atoms with E-state index >= 15 is 0 Å². The zero-order valence-corrected chi connectivity index (χ0v) is 12.4. The monoisotopic (exact) mass is 306 g/mol. The van der Waals surface area contributed by atoms with Gasteiger partial charge < -0.3 is 10.1 Å². The van der Waals surface area contributed by atoms with E-state index < -0.39 is 12.0 Å². The van der Waals surface area contributed by atoms with Gasteiger partial charge in [-0.2, -0.15) is 0 Å². The van der Waals surface area contributed by atoms with Crippen LogP contribution in [0.15, 0.2) is 30.3 Å². The second-order valence-electron chi connectivity index (χ2n) is 5.04. The number of benzene rings is 1. The fourth-order valence-corrected chi connectivity index (χ4v) is 2.34. The molecule has 1 amide bonds.